The average molecular weight is 554 g/mol. The highest BCUT2D eigenvalue weighted by atomic mass is 19.4. The first-order valence-electron chi connectivity index (χ1n) is 12.0. The second-order valence-electron chi connectivity index (χ2n) is 8.92. The zero-order valence-electron chi connectivity index (χ0n) is 20.4. The van der Waals surface area contributed by atoms with Crippen molar-refractivity contribution in [3.05, 3.63) is 70.6 Å². The number of halogens is 5. The van der Waals surface area contributed by atoms with Crippen LogP contribution < -0.4 is 5.32 Å². The van der Waals surface area contributed by atoms with Crippen molar-refractivity contribution in [1.29, 1.82) is 0 Å². The van der Waals surface area contributed by atoms with E-state index in [4.69, 9.17) is 4.42 Å². The fraction of sp³-hybridized carbons (Fsp3) is 0.400. The number of fused-ring (bicyclic) bond motifs is 1. The highest BCUT2D eigenvalue weighted by molar-refractivity contribution is 5.77. The number of carbonyl (C=O) groups is 2. The molecule has 0 saturated heterocycles. The van der Waals surface area contributed by atoms with Crippen LogP contribution in [0.2, 0.25) is 0 Å². The fourth-order valence-electron chi connectivity index (χ4n) is 4.10. The van der Waals surface area contributed by atoms with Crippen molar-refractivity contribution in [3.8, 4) is 0 Å². The number of benzene rings is 1. The van der Waals surface area contributed by atoms with Crippen molar-refractivity contribution in [2.24, 2.45) is 0 Å². The predicted octanol–water partition coefficient (Wildman–Crippen LogP) is 4.56. The van der Waals surface area contributed by atoms with Crippen molar-refractivity contribution < 1.29 is 45.7 Å². The molecule has 0 radical (unpaired) electrons. The van der Waals surface area contributed by atoms with Gasteiger partial charge in [-0.2, -0.15) is 13.2 Å². The molecule has 0 spiro atoms. The largest absolute Gasteiger partial charge is 0.495 e. The SMILES string of the molecule is O=C(CC(Cc1nnc(CCCc2ccc3c(n2)NCCC3)o1)c1cc(F)cc(F)c1)OOC(=O)C(F)(F)F. The lowest BCUT2D eigenvalue weighted by Gasteiger charge is -2.17. The summed E-state index contributed by atoms with van der Waals surface area (Å²) in [5.41, 5.74) is 2.07. The van der Waals surface area contributed by atoms with Crippen molar-refractivity contribution in [1.82, 2.24) is 15.2 Å². The molecule has 0 aliphatic carbocycles. The van der Waals surface area contributed by atoms with Gasteiger partial charge in [-0.25, -0.2) is 33.1 Å². The van der Waals surface area contributed by atoms with Crippen LogP contribution in [0.3, 0.4) is 0 Å². The fourth-order valence-corrected chi connectivity index (χ4v) is 4.10. The van der Waals surface area contributed by atoms with Crippen LogP contribution in [0, 0.1) is 11.6 Å². The number of nitrogens with zero attached hydrogens (tertiary/aromatic N) is 3. The van der Waals surface area contributed by atoms with E-state index in [0.717, 1.165) is 43.0 Å². The maximum atomic E-state index is 13.8. The van der Waals surface area contributed by atoms with E-state index >= 15 is 0 Å². The van der Waals surface area contributed by atoms with Gasteiger partial charge in [-0.05, 0) is 55.0 Å². The lowest BCUT2D eigenvalue weighted by molar-refractivity contribution is -0.286. The Bertz CT molecular complexity index is 1310. The zero-order chi connectivity index (χ0) is 28.0. The molecule has 9 nitrogen and oxygen atoms in total. The van der Waals surface area contributed by atoms with E-state index < -0.39 is 42.1 Å². The van der Waals surface area contributed by atoms with Crippen LogP contribution in [-0.4, -0.2) is 39.8 Å². The molecule has 208 valence electrons. The van der Waals surface area contributed by atoms with Gasteiger partial charge in [0.1, 0.15) is 17.5 Å². The molecule has 0 saturated carbocycles. The molecule has 1 unspecified atom stereocenters. The Labute approximate surface area is 218 Å². The van der Waals surface area contributed by atoms with Crippen molar-refractivity contribution in [2.75, 3.05) is 11.9 Å². The van der Waals surface area contributed by atoms with E-state index in [1.54, 1.807) is 0 Å². The number of rotatable bonds is 9. The Morgan fingerprint density at radius 1 is 1.03 bits per heavy atom. The number of anilines is 1. The monoisotopic (exact) mass is 554 g/mol. The number of carbonyl (C=O) groups excluding carboxylic acids is 2. The lowest BCUT2D eigenvalue weighted by atomic mass is 9.92. The summed E-state index contributed by atoms with van der Waals surface area (Å²) in [5, 5.41) is 11.1. The second kappa shape index (κ2) is 12.2. The van der Waals surface area contributed by atoms with E-state index in [-0.39, 0.29) is 23.8 Å². The van der Waals surface area contributed by atoms with Gasteiger partial charge in [0.25, 0.3) is 0 Å². The van der Waals surface area contributed by atoms with Crippen LogP contribution in [0.1, 0.15) is 53.8 Å². The van der Waals surface area contributed by atoms with Crippen LogP contribution in [0.25, 0.3) is 0 Å². The molecule has 2 aromatic heterocycles. The summed E-state index contributed by atoms with van der Waals surface area (Å²) < 4.78 is 70.1. The number of hydrogen-bond acceptors (Lipinski definition) is 9. The van der Waals surface area contributed by atoms with Gasteiger partial charge in [0, 0.05) is 37.1 Å². The standard InChI is InChI=1S/C25H23F5N4O5/c26-17-9-15(10-18(27)13-17)16(12-22(35)38-39-24(36)25(28,29)30)11-21-34-33-20(37-21)5-1-4-19-7-6-14-3-2-8-31-23(14)32-19/h6-7,9-10,13,16H,1-5,8,11-12H2,(H,31,32). The van der Waals surface area contributed by atoms with Crippen LogP contribution in [0.4, 0.5) is 27.8 Å². The van der Waals surface area contributed by atoms with Crippen LogP contribution in [0.15, 0.2) is 34.7 Å². The minimum atomic E-state index is -5.38. The van der Waals surface area contributed by atoms with Gasteiger partial charge in [-0.15, -0.1) is 10.2 Å². The predicted molar refractivity (Wildman–Crippen MR) is 123 cm³/mol. The molecule has 0 bridgehead atoms. The third-order valence-corrected chi connectivity index (χ3v) is 5.92. The number of alkyl halides is 3. The van der Waals surface area contributed by atoms with Gasteiger partial charge in [-0.1, -0.05) is 6.07 Å². The first-order chi connectivity index (χ1) is 18.6. The molecule has 3 heterocycles. The third kappa shape index (κ3) is 7.94. The van der Waals surface area contributed by atoms with Gasteiger partial charge < -0.3 is 9.73 Å². The molecule has 0 fully saturated rings. The number of aromatic nitrogens is 3. The Morgan fingerprint density at radius 2 is 1.77 bits per heavy atom. The topological polar surface area (TPSA) is 116 Å². The molecule has 1 aromatic carbocycles. The Hall–Kier alpha value is -4.10. The van der Waals surface area contributed by atoms with Crippen LogP contribution in [-0.2, 0) is 45.0 Å². The molecule has 1 N–H and O–H groups in total. The minimum absolute atomic E-state index is 0.0153. The molecule has 3 aromatic rings. The molecule has 4 rings (SSSR count). The molecule has 39 heavy (non-hydrogen) atoms. The second-order valence-corrected chi connectivity index (χ2v) is 8.92. The summed E-state index contributed by atoms with van der Waals surface area (Å²) in [5.74, 6) is -5.84. The summed E-state index contributed by atoms with van der Waals surface area (Å²) in [6.45, 7) is 0.883. The van der Waals surface area contributed by atoms with Gasteiger partial charge in [-0.3, -0.25) is 0 Å². The van der Waals surface area contributed by atoms with Gasteiger partial charge in [0.15, 0.2) is 0 Å². The van der Waals surface area contributed by atoms with Crippen LogP contribution in [0.5, 0.6) is 0 Å². The summed E-state index contributed by atoms with van der Waals surface area (Å²) in [4.78, 5) is 34.9. The van der Waals surface area contributed by atoms with Gasteiger partial charge in [0.2, 0.25) is 11.8 Å². The van der Waals surface area contributed by atoms with E-state index in [0.29, 0.717) is 25.3 Å². The smallest absolute Gasteiger partial charge is 0.425 e. The molecule has 1 aliphatic heterocycles. The minimum Gasteiger partial charge on any atom is -0.425 e. The maximum absolute atomic E-state index is 13.8. The average Bonchev–Trinajstić information content (AvgIpc) is 3.32. The number of aryl methyl sites for hydroxylation is 3. The molecule has 1 aliphatic rings. The quantitative estimate of drug-likeness (QED) is 0.231. The van der Waals surface area contributed by atoms with Crippen molar-refractivity contribution >= 4 is 17.8 Å². The van der Waals surface area contributed by atoms with Gasteiger partial charge in [0.05, 0.1) is 6.42 Å². The van der Waals surface area contributed by atoms with E-state index in [2.05, 4.69) is 36.3 Å². The Kier molecular flexibility index (Phi) is 8.72. The first kappa shape index (κ1) is 27.9. The highest BCUT2D eigenvalue weighted by Gasteiger charge is 2.43. The molecule has 0 amide bonds. The van der Waals surface area contributed by atoms with Crippen LogP contribution >= 0.6 is 0 Å². The summed E-state index contributed by atoms with van der Waals surface area (Å²) in [6, 6.07) is 6.53. The first-order valence-corrected chi connectivity index (χ1v) is 12.0. The highest BCUT2D eigenvalue weighted by Crippen LogP contribution is 2.27. The maximum Gasteiger partial charge on any atom is 0.495 e. The molecule has 1 atom stereocenters. The number of pyridine rings is 1. The van der Waals surface area contributed by atoms with Crippen molar-refractivity contribution in [2.45, 2.75) is 57.0 Å². The van der Waals surface area contributed by atoms with E-state index in [9.17, 15) is 31.5 Å². The molecular weight excluding hydrogens is 531 g/mol. The zero-order valence-corrected chi connectivity index (χ0v) is 20.4. The Balaban J connectivity index is 1.37. The van der Waals surface area contributed by atoms with Gasteiger partial charge >= 0.3 is 18.1 Å². The van der Waals surface area contributed by atoms with Crippen molar-refractivity contribution in [3.63, 3.8) is 0 Å². The Morgan fingerprint density at radius 3 is 2.51 bits per heavy atom. The third-order valence-electron chi connectivity index (χ3n) is 5.92. The summed E-state index contributed by atoms with van der Waals surface area (Å²) in [6.07, 6.45) is -2.52. The summed E-state index contributed by atoms with van der Waals surface area (Å²) in [7, 11) is 0. The number of hydrogen-bond donors (Lipinski definition) is 1. The summed E-state index contributed by atoms with van der Waals surface area (Å²) >= 11 is 0. The van der Waals surface area contributed by atoms with E-state index in [1.165, 1.54) is 5.56 Å². The normalized spacial score (nSPS) is 13.8. The molecule has 14 heteroatoms. The molecular formula is C25H23F5N4O5. The lowest BCUT2D eigenvalue weighted by Crippen LogP contribution is -2.27. The number of nitrogens with one attached hydrogen (secondary N) is 1. The van der Waals surface area contributed by atoms with E-state index in [1.807, 2.05) is 6.07 Å².